The second-order valence-electron chi connectivity index (χ2n) is 12.3. The molecule has 4 aromatic carbocycles. The lowest BCUT2D eigenvalue weighted by Crippen LogP contribution is -2.34. The number of nitrogens with zero attached hydrogens (tertiary/aromatic N) is 2. The van der Waals surface area contributed by atoms with Crippen molar-refractivity contribution in [3.63, 3.8) is 0 Å². The van der Waals surface area contributed by atoms with Gasteiger partial charge in [0, 0.05) is 30.7 Å². The minimum Gasteiger partial charge on any atom is -0.504 e. The summed E-state index contributed by atoms with van der Waals surface area (Å²) in [5, 5.41) is 10.7. The average molecular weight is 609 g/mol. The molecule has 4 aliphatic heterocycles. The zero-order valence-corrected chi connectivity index (χ0v) is 26.6. The first-order valence-electron chi connectivity index (χ1n) is 15.5. The normalized spacial score (nSPS) is 19.4. The minimum atomic E-state index is -0.0402. The van der Waals surface area contributed by atoms with E-state index in [0.717, 1.165) is 49.0 Å². The van der Waals surface area contributed by atoms with Crippen LogP contribution in [0, 0.1) is 0 Å². The van der Waals surface area contributed by atoms with E-state index in [4.69, 9.17) is 23.7 Å². The number of methoxy groups -OCH3 is 3. The molecule has 0 saturated carbocycles. The second kappa shape index (κ2) is 11.8. The summed E-state index contributed by atoms with van der Waals surface area (Å²) in [4.78, 5) is 4.75. The molecule has 0 saturated heterocycles. The quantitative estimate of drug-likeness (QED) is 0.271. The van der Waals surface area contributed by atoms with Gasteiger partial charge >= 0.3 is 0 Å². The van der Waals surface area contributed by atoms with Gasteiger partial charge in [0.2, 0.25) is 5.75 Å². The van der Waals surface area contributed by atoms with Gasteiger partial charge < -0.3 is 28.8 Å². The van der Waals surface area contributed by atoms with Crippen molar-refractivity contribution in [2.24, 2.45) is 0 Å². The fraction of sp³-hybridized carbons (Fsp3) is 0.351. The van der Waals surface area contributed by atoms with Gasteiger partial charge in [0.15, 0.2) is 34.5 Å². The van der Waals surface area contributed by atoms with Gasteiger partial charge in [-0.2, -0.15) is 0 Å². The maximum atomic E-state index is 10.7. The summed E-state index contributed by atoms with van der Waals surface area (Å²) >= 11 is 0. The van der Waals surface area contributed by atoms with E-state index in [2.05, 4.69) is 54.2 Å². The van der Waals surface area contributed by atoms with Gasteiger partial charge in [0.25, 0.3) is 0 Å². The Labute approximate surface area is 264 Å². The summed E-state index contributed by atoms with van der Waals surface area (Å²) in [6, 6.07) is 20.3. The second-order valence-corrected chi connectivity index (χ2v) is 12.3. The molecule has 0 spiro atoms. The third-order valence-corrected chi connectivity index (χ3v) is 9.64. The van der Waals surface area contributed by atoms with Crippen LogP contribution < -0.4 is 23.7 Å². The molecule has 6 bridgehead atoms. The highest BCUT2D eigenvalue weighted by molar-refractivity contribution is 5.63. The van der Waals surface area contributed by atoms with E-state index in [1.165, 1.54) is 16.7 Å². The molecule has 8 heteroatoms. The van der Waals surface area contributed by atoms with Gasteiger partial charge in [-0.1, -0.05) is 18.2 Å². The van der Waals surface area contributed by atoms with E-state index < -0.39 is 0 Å². The summed E-state index contributed by atoms with van der Waals surface area (Å²) in [5.41, 5.74) is 6.93. The predicted octanol–water partition coefficient (Wildman–Crippen LogP) is 6.86. The Balaban J connectivity index is 1.47. The lowest BCUT2D eigenvalue weighted by Gasteiger charge is -2.37. The minimum absolute atomic E-state index is 0.0402. The van der Waals surface area contributed by atoms with E-state index >= 15 is 0 Å². The highest BCUT2D eigenvalue weighted by Gasteiger charge is 2.34. The molecule has 0 fully saturated rings. The number of hydrogen-bond acceptors (Lipinski definition) is 8. The molecular formula is C37H40N2O6. The Kier molecular flexibility index (Phi) is 7.71. The van der Waals surface area contributed by atoms with Crippen molar-refractivity contribution in [2.45, 2.75) is 37.8 Å². The van der Waals surface area contributed by atoms with Crippen LogP contribution in [0.25, 0.3) is 0 Å². The largest absolute Gasteiger partial charge is 0.504 e. The van der Waals surface area contributed by atoms with Crippen molar-refractivity contribution < 1.29 is 28.8 Å². The summed E-state index contributed by atoms with van der Waals surface area (Å²) < 4.78 is 31.0. The SMILES string of the molecule is COc1cc2c3cc1Oc1c(OC)c(OC)cc4c1C(Cc1ccc(O)c(c1)Oc1ccc(cc1)CC3N(C)CC2)N(C)CC4. The molecule has 4 heterocycles. The summed E-state index contributed by atoms with van der Waals surface area (Å²) in [6.07, 6.45) is 3.25. The highest BCUT2D eigenvalue weighted by atomic mass is 16.5. The van der Waals surface area contributed by atoms with Gasteiger partial charge in [-0.25, -0.2) is 0 Å². The van der Waals surface area contributed by atoms with Crippen molar-refractivity contribution in [1.29, 1.82) is 0 Å². The lowest BCUT2D eigenvalue weighted by molar-refractivity contribution is 0.220. The van der Waals surface area contributed by atoms with Crippen molar-refractivity contribution >= 4 is 0 Å². The zero-order chi connectivity index (χ0) is 31.2. The number of hydrogen-bond donors (Lipinski definition) is 1. The standard InChI is InChI=1S/C37H40N2O6/c1-38-14-12-24-19-32(41-3)33-21-27(24)28(38)16-22-6-9-26(10-7-22)44-31-18-23(8-11-30(31)40)17-29-35-25(13-15-39(29)2)20-34(42-4)36(43-5)37(35)45-33/h6-11,18-21,28-29,40H,12-17H2,1-5H3. The fourth-order valence-electron chi connectivity index (χ4n) is 7.11. The molecular weight excluding hydrogens is 568 g/mol. The fourth-order valence-corrected chi connectivity index (χ4v) is 7.11. The first-order valence-corrected chi connectivity index (χ1v) is 15.5. The number of phenols is 1. The van der Waals surface area contributed by atoms with Crippen LogP contribution in [0.4, 0.5) is 0 Å². The molecule has 0 aromatic heterocycles. The molecule has 234 valence electrons. The third-order valence-electron chi connectivity index (χ3n) is 9.64. The Morgan fingerprint density at radius 3 is 2.09 bits per heavy atom. The lowest BCUT2D eigenvalue weighted by atomic mass is 9.87. The van der Waals surface area contributed by atoms with Crippen molar-refractivity contribution in [3.05, 3.63) is 94.0 Å². The Morgan fingerprint density at radius 1 is 0.689 bits per heavy atom. The average Bonchev–Trinajstić information content (AvgIpc) is 3.05. The predicted molar refractivity (Wildman–Crippen MR) is 173 cm³/mol. The van der Waals surface area contributed by atoms with Crippen LogP contribution in [0.5, 0.6) is 46.0 Å². The molecule has 0 aliphatic carbocycles. The summed E-state index contributed by atoms with van der Waals surface area (Å²) in [5.74, 6) is 4.37. The van der Waals surface area contributed by atoms with Crippen LogP contribution in [0.15, 0.2) is 60.7 Å². The number of benzene rings is 4. The molecule has 45 heavy (non-hydrogen) atoms. The van der Waals surface area contributed by atoms with E-state index in [1.54, 1.807) is 27.4 Å². The maximum Gasteiger partial charge on any atom is 0.204 e. The van der Waals surface area contributed by atoms with E-state index in [1.807, 2.05) is 24.3 Å². The Bertz CT molecular complexity index is 1740. The Morgan fingerprint density at radius 2 is 1.36 bits per heavy atom. The first-order chi connectivity index (χ1) is 21.9. The van der Waals surface area contributed by atoms with Gasteiger partial charge in [-0.15, -0.1) is 0 Å². The topological polar surface area (TPSA) is 72.9 Å². The zero-order valence-electron chi connectivity index (χ0n) is 26.6. The van der Waals surface area contributed by atoms with E-state index in [0.29, 0.717) is 46.7 Å². The van der Waals surface area contributed by atoms with Crippen molar-refractivity contribution in [3.8, 4) is 46.0 Å². The van der Waals surface area contributed by atoms with Gasteiger partial charge in [-0.3, -0.25) is 9.80 Å². The molecule has 2 unspecified atom stereocenters. The van der Waals surface area contributed by atoms with Gasteiger partial charge in [-0.05, 0) is 110 Å². The monoisotopic (exact) mass is 608 g/mol. The van der Waals surface area contributed by atoms with Gasteiger partial charge in [0.1, 0.15) is 5.75 Å². The number of likely N-dealkylation sites (N-methyl/N-ethyl adjacent to an activating group) is 2. The van der Waals surface area contributed by atoms with E-state index in [-0.39, 0.29) is 17.8 Å². The third kappa shape index (κ3) is 5.32. The molecule has 8 nitrogen and oxygen atoms in total. The molecule has 4 aromatic rings. The van der Waals surface area contributed by atoms with Crippen LogP contribution in [0.3, 0.4) is 0 Å². The number of fused-ring (bicyclic) bond motifs is 2. The van der Waals surface area contributed by atoms with Crippen LogP contribution in [0.1, 0.15) is 45.5 Å². The molecule has 0 radical (unpaired) electrons. The van der Waals surface area contributed by atoms with Crippen LogP contribution in [0.2, 0.25) is 0 Å². The maximum absolute atomic E-state index is 10.7. The van der Waals surface area contributed by atoms with Crippen LogP contribution in [-0.2, 0) is 25.7 Å². The molecule has 8 rings (SSSR count). The first kappa shape index (κ1) is 29.3. The number of rotatable bonds is 3. The number of aromatic hydroxyl groups is 1. The van der Waals surface area contributed by atoms with E-state index in [9.17, 15) is 5.11 Å². The smallest absolute Gasteiger partial charge is 0.204 e. The molecule has 0 amide bonds. The molecule has 4 aliphatic rings. The number of ether oxygens (including phenoxy) is 5. The highest BCUT2D eigenvalue weighted by Crippen LogP contribution is 2.52. The molecule has 1 N–H and O–H groups in total. The number of phenolic OH excluding ortho intramolecular Hbond substituents is 1. The van der Waals surface area contributed by atoms with Crippen LogP contribution >= 0.6 is 0 Å². The molecule has 2 atom stereocenters. The van der Waals surface area contributed by atoms with Gasteiger partial charge in [0.05, 0.1) is 21.3 Å². The summed E-state index contributed by atoms with van der Waals surface area (Å²) in [6.45, 7) is 1.82. The Hall–Kier alpha value is -4.40. The van der Waals surface area contributed by atoms with Crippen molar-refractivity contribution in [1.82, 2.24) is 9.80 Å². The van der Waals surface area contributed by atoms with Crippen LogP contribution in [-0.4, -0.2) is 63.4 Å². The summed E-state index contributed by atoms with van der Waals surface area (Å²) in [7, 11) is 9.33. The van der Waals surface area contributed by atoms with Crippen molar-refractivity contribution in [2.75, 3.05) is 48.5 Å².